The summed E-state index contributed by atoms with van der Waals surface area (Å²) in [5, 5.41) is 5.95. The Morgan fingerprint density at radius 1 is 0.971 bits per heavy atom. The third kappa shape index (κ3) is 5.60. The van der Waals surface area contributed by atoms with E-state index < -0.39 is 12.1 Å². The Bertz CT molecular complexity index is 1180. The Balaban J connectivity index is 1.42. The monoisotopic (exact) mass is 492 g/mol. The number of ether oxygens (including phenoxy) is 2. The molecule has 7 heteroatoms. The number of nitrogens with one attached hydrogen (secondary N) is 2. The summed E-state index contributed by atoms with van der Waals surface area (Å²) >= 11 is 6.17. The molecule has 0 aromatic heterocycles. The number of rotatable bonds is 8. The minimum absolute atomic E-state index is 0.0491. The quantitative estimate of drug-likeness (QED) is 0.390. The molecule has 2 N–H and O–H groups in total. The van der Waals surface area contributed by atoms with Crippen molar-refractivity contribution in [2.45, 2.75) is 32.2 Å². The molecule has 182 valence electrons. The number of hydrogen-bond acceptors (Lipinski definition) is 4. The average Bonchev–Trinajstić information content (AvgIpc) is 3.16. The van der Waals surface area contributed by atoms with E-state index in [0.717, 1.165) is 22.3 Å². The zero-order valence-electron chi connectivity index (χ0n) is 20.0. The third-order valence-corrected chi connectivity index (χ3v) is 6.37. The summed E-state index contributed by atoms with van der Waals surface area (Å²) in [7, 11) is 1.52. The lowest BCUT2D eigenvalue weighted by Gasteiger charge is -2.21. The van der Waals surface area contributed by atoms with Crippen molar-refractivity contribution >= 4 is 29.3 Å². The normalized spacial score (nSPS) is 13.1. The van der Waals surface area contributed by atoms with Gasteiger partial charge in [-0.3, -0.25) is 4.79 Å². The maximum atomic E-state index is 13.0. The van der Waals surface area contributed by atoms with Crippen molar-refractivity contribution in [1.82, 2.24) is 5.32 Å². The lowest BCUT2D eigenvalue weighted by Crippen LogP contribution is -2.45. The predicted molar refractivity (Wildman–Crippen MR) is 138 cm³/mol. The van der Waals surface area contributed by atoms with E-state index in [1.807, 2.05) is 38.1 Å². The molecule has 4 rings (SSSR count). The van der Waals surface area contributed by atoms with Crippen molar-refractivity contribution < 1.29 is 19.1 Å². The van der Waals surface area contributed by atoms with Crippen LogP contribution in [0.4, 0.5) is 10.5 Å². The lowest BCUT2D eigenvalue weighted by atomic mass is 9.98. The van der Waals surface area contributed by atoms with Gasteiger partial charge < -0.3 is 20.1 Å². The highest BCUT2D eigenvalue weighted by Gasteiger charge is 2.30. The summed E-state index contributed by atoms with van der Waals surface area (Å²) in [6.07, 6.45) is -0.166. The molecule has 3 aromatic carbocycles. The van der Waals surface area contributed by atoms with Crippen molar-refractivity contribution in [2.24, 2.45) is 5.92 Å². The van der Waals surface area contributed by atoms with Gasteiger partial charge >= 0.3 is 6.09 Å². The van der Waals surface area contributed by atoms with Crippen LogP contribution >= 0.6 is 11.6 Å². The third-order valence-electron chi connectivity index (χ3n) is 6.08. The standard InChI is InChI=1S/C28H29ClN2O4/c1-17(2)14-25(27(32)30-18-12-13-26(34-3)24(29)15-18)31-28(33)35-16-23-21-10-6-4-8-19(21)20-9-5-7-11-22(20)23/h4-13,15,17,23,25H,14,16H2,1-3H3,(H,30,32)(H,31,33). The topological polar surface area (TPSA) is 76.7 Å². The SMILES string of the molecule is COc1ccc(NC(=O)C(CC(C)C)NC(=O)OCC2c3ccccc3-c3ccccc32)cc1Cl. The number of anilines is 1. The molecular weight excluding hydrogens is 464 g/mol. The summed E-state index contributed by atoms with van der Waals surface area (Å²) in [4.78, 5) is 25.7. The van der Waals surface area contributed by atoms with Crippen molar-refractivity contribution in [3.8, 4) is 16.9 Å². The van der Waals surface area contributed by atoms with E-state index in [1.54, 1.807) is 18.2 Å². The van der Waals surface area contributed by atoms with E-state index in [1.165, 1.54) is 7.11 Å². The second kappa shape index (κ2) is 10.8. The number of benzene rings is 3. The van der Waals surface area contributed by atoms with Crippen LogP contribution in [0.2, 0.25) is 5.02 Å². The fraction of sp³-hybridized carbons (Fsp3) is 0.286. The zero-order valence-corrected chi connectivity index (χ0v) is 20.8. The molecule has 0 aliphatic heterocycles. The Labute approximate surface area is 210 Å². The number of methoxy groups -OCH3 is 1. The number of alkyl carbamates (subject to hydrolysis) is 1. The Hall–Kier alpha value is -3.51. The molecule has 1 aliphatic rings. The minimum atomic E-state index is -0.758. The van der Waals surface area contributed by atoms with Crippen molar-refractivity contribution in [1.29, 1.82) is 0 Å². The van der Waals surface area contributed by atoms with Gasteiger partial charge in [-0.15, -0.1) is 0 Å². The van der Waals surface area contributed by atoms with Gasteiger partial charge in [0.2, 0.25) is 5.91 Å². The van der Waals surface area contributed by atoms with Crippen LogP contribution in [0.3, 0.4) is 0 Å². The number of halogens is 1. The number of amides is 2. The average molecular weight is 493 g/mol. The van der Waals surface area contributed by atoms with Gasteiger partial charge in [0.15, 0.2) is 0 Å². The molecule has 1 atom stereocenters. The Morgan fingerprint density at radius 2 is 1.60 bits per heavy atom. The molecule has 2 amide bonds. The molecule has 0 saturated carbocycles. The van der Waals surface area contributed by atoms with Gasteiger partial charge in [0.1, 0.15) is 18.4 Å². The summed E-state index contributed by atoms with van der Waals surface area (Å²) in [5.41, 5.74) is 5.10. The van der Waals surface area contributed by atoms with Crippen LogP contribution in [0, 0.1) is 5.92 Å². The van der Waals surface area contributed by atoms with Gasteiger partial charge in [0, 0.05) is 11.6 Å². The smallest absolute Gasteiger partial charge is 0.407 e. The summed E-state index contributed by atoms with van der Waals surface area (Å²) in [6.45, 7) is 4.16. The van der Waals surface area contributed by atoms with Crippen LogP contribution < -0.4 is 15.4 Å². The van der Waals surface area contributed by atoms with Gasteiger partial charge in [-0.2, -0.15) is 0 Å². The molecule has 6 nitrogen and oxygen atoms in total. The van der Waals surface area contributed by atoms with Crippen LogP contribution in [0.1, 0.15) is 37.3 Å². The van der Waals surface area contributed by atoms with E-state index in [9.17, 15) is 9.59 Å². The van der Waals surface area contributed by atoms with E-state index in [-0.39, 0.29) is 24.3 Å². The summed E-state index contributed by atoms with van der Waals surface area (Å²) < 4.78 is 10.8. The molecule has 1 unspecified atom stereocenters. The predicted octanol–water partition coefficient (Wildman–Crippen LogP) is 6.24. The maximum absolute atomic E-state index is 13.0. The zero-order chi connectivity index (χ0) is 24.9. The van der Waals surface area contributed by atoms with Crippen LogP contribution in [-0.2, 0) is 9.53 Å². The molecular formula is C28H29ClN2O4. The first kappa shape index (κ1) is 24.6. The molecule has 0 spiro atoms. The number of carbonyl (C=O) groups is 2. The van der Waals surface area contributed by atoms with Crippen LogP contribution in [0.25, 0.3) is 11.1 Å². The minimum Gasteiger partial charge on any atom is -0.495 e. The highest BCUT2D eigenvalue weighted by Crippen LogP contribution is 2.44. The second-order valence-corrected chi connectivity index (χ2v) is 9.40. The fourth-order valence-electron chi connectivity index (χ4n) is 4.46. The van der Waals surface area contributed by atoms with E-state index in [4.69, 9.17) is 21.1 Å². The lowest BCUT2D eigenvalue weighted by molar-refractivity contribution is -0.118. The molecule has 1 aliphatic carbocycles. The fourth-order valence-corrected chi connectivity index (χ4v) is 4.72. The first-order chi connectivity index (χ1) is 16.9. The van der Waals surface area contributed by atoms with Gasteiger partial charge in [0.05, 0.1) is 12.1 Å². The first-order valence-electron chi connectivity index (χ1n) is 11.6. The van der Waals surface area contributed by atoms with Gasteiger partial charge in [-0.1, -0.05) is 74.0 Å². The van der Waals surface area contributed by atoms with E-state index >= 15 is 0 Å². The van der Waals surface area contributed by atoms with Crippen LogP contribution in [-0.4, -0.2) is 31.8 Å². The van der Waals surface area contributed by atoms with Gasteiger partial charge in [-0.25, -0.2) is 4.79 Å². The first-order valence-corrected chi connectivity index (χ1v) is 12.0. The summed E-state index contributed by atoms with van der Waals surface area (Å²) in [5.74, 6) is 0.305. The van der Waals surface area contributed by atoms with Crippen molar-refractivity contribution in [2.75, 3.05) is 19.0 Å². The largest absolute Gasteiger partial charge is 0.495 e. The number of hydrogen-bond donors (Lipinski definition) is 2. The molecule has 35 heavy (non-hydrogen) atoms. The molecule has 3 aromatic rings. The van der Waals surface area contributed by atoms with Gasteiger partial charge in [-0.05, 0) is 52.8 Å². The molecule has 0 bridgehead atoms. The summed E-state index contributed by atoms with van der Waals surface area (Å²) in [6, 6.07) is 20.5. The van der Waals surface area contributed by atoms with E-state index in [0.29, 0.717) is 22.9 Å². The molecule has 0 saturated heterocycles. The van der Waals surface area contributed by atoms with Gasteiger partial charge in [0.25, 0.3) is 0 Å². The molecule has 0 fully saturated rings. The second-order valence-electron chi connectivity index (χ2n) is 8.99. The van der Waals surface area contributed by atoms with Crippen molar-refractivity contribution in [3.05, 3.63) is 82.9 Å². The van der Waals surface area contributed by atoms with Crippen LogP contribution in [0.15, 0.2) is 66.7 Å². The number of fused-ring (bicyclic) bond motifs is 3. The highest BCUT2D eigenvalue weighted by molar-refractivity contribution is 6.32. The van der Waals surface area contributed by atoms with Crippen LogP contribution in [0.5, 0.6) is 5.75 Å². The Kier molecular flexibility index (Phi) is 7.61. The highest BCUT2D eigenvalue weighted by atomic mass is 35.5. The Morgan fingerprint density at radius 3 is 2.17 bits per heavy atom. The van der Waals surface area contributed by atoms with Crippen molar-refractivity contribution in [3.63, 3.8) is 0 Å². The molecule has 0 radical (unpaired) electrons. The number of carbonyl (C=O) groups excluding carboxylic acids is 2. The van der Waals surface area contributed by atoms with E-state index in [2.05, 4.69) is 34.9 Å². The molecule has 0 heterocycles. The maximum Gasteiger partial charge on any atom is 0.407 e.